The summed E-state index contributed by atoms with van der Waals surface area (Å²) in [7, 11) is 0. The minimum absolute atomic E-state index is 0.101. The van der Waals surface area contributed by atoms with Gasteiger partial charge in [0, 0.05) is 12.7 Å². The molecule has 0 aromatic carbocycles. The number of morpholine rings is 1. The van der Waals surface area contributed by atoms with Crippen LogP contribution < -0.4 is 4.90 Å². The van der Waals surface area contributed by atoms with E-state index in [0.717, 1.165) is 18.0 Å². The second-order valence-electron chi connectivity index (χ2n) is 4.30. The first-order valence-corrected chi connectivity index (χ1v) is 6.13. The molecule has 5 nitrogen and oxygen atoms in total. The van der Waals surface area contributed by atoms with Crippen molar-refractivity contribution in [3.8, 4) is 6.07 Å². The fraction of sp³-hybridized carbons (Fsp3) is 0.286. The topological polar surface area (TPSA) is 62.3 Å². The molecule has 0 amide bonds. The van der Waals surface area contributed by atoms with Gasteiger partial charge in [-0.2, -0.15) is 5.26 Å². The molecular weight excluding hydrogens is 242 g/mol. The fourth-order valence-corrected chi connectivity index (χ4v) is 2.25. The number of hydrogen-bond acceptors (Lipinski definition) is 5. The van der Waals surface area contributed by atoms with Gasteiger partial charge in [-0.15, -0.1) is 0 Å². The van der Waals surface area contributed by atoms with Gasteiger partial charge in [0.25, 0.3) is 0 Å². The molecule has 0 aliphatic carbocycles. The van der Waals surface area contributed by atoms with E-state index in [1.165, 1.54) is 0 Å². The van der Waals surface area contributed by atoms with Crippen LogP contribution in [0, 0.1) is 11.3 Å². The van der Waals surface area contributed by atoms with Crippen molar-refractivity contribution in [2.45, 2.75) is 6.10 Å². The molecule has 19 heavy (non-hydrogen) atoms. The maximum atomic E-state index is 9.11. The van der Waals surface area contributed by atoms with Crippen LogP contribution in [0.2, 0.25) is 0 Å². The van der Waals surface area contributed by atoms with Crippen LogP contribution in [-0.4, -0.2) is 24.7 Å². The molecule has 0 bridgehead atoms. The van der Waals surface area contributed by atoms with Crippen LogP contribution in [0.1, 0.15) is 17.6 Å². The van der Waals surface area contributed by atoms with Crippen LogP contribution in [0.25, 0.3) is 0 Å². The summed E-state index contributed by atoms with van der Waals surface area (Å²) >= 11 is 0. The third kappa shape index (κ3) is 2.30. The largest absolute Gasteiger partial charge is 0.467 e. The molecule has 1 unspecified atom stereocenters. The first-order chi connectivity index (χ1) is 9.38. The van der Waals surface area contributed by atoms with Crippen LogP contribution in [-0.2, 0) is 4.74 Å². The fourth-order valence-electron chi connectivity index (χ4n) is 2.25. The molecule has 1 fully saturated rings. The van der Waals surface area contributed by atoms with Crippen LogP contribution in [0.5, 0.6) is 0 Å². The lowest BCUT2D eigenvalue weighted by atomic mass is 10.2. The van der Waals surface area contributed by atoms with Crippen molar-refractivity contribution in [2.24, 2.45) is 0 Å². The smallest absolute Gasteiger partial charge is 0.163 e. The highest BCUT2D eigenvalue weighted by Crippen LogP contribution is 2.27. The lowest BCUT2D eigenvalue weighted by Crippen LogP contribution is -2.38. The van der Waals surface area contributed by atoms with E-state index in [2.05, 4.69) is 16.0 Å². The summed E-state index contributed by atoms with van der Waals surface area (Å²) in [5.41, 5.74) is 1.30. The zero-order chi connectivity index (χ0) is 13.1. The summed E-state index contributed by atoms with van der Waals surface area (Å²) in [5, 5.41) is 9.11. The van der Waals surface area contributed by atoms with Crippen molar-refractivity contribution in [1.82, 2.24) is 4.98 Å². The van der Waals surface area contributed by atoms with Crippen molar-refractivity contribution in [3.05, 3.63) is 48.2 Å². The number of aromatic nitrogens is 1. The average Bonchev–Trinajstić information content (AvgIpc) is 3.01. The average molecular weight is 255 g/mol. The van der Waals surface area contributed by atoms with E-state index < -0.39 is 0 Å². The standard InChI is InChI=1S/C14H13N3O2/c15-9-11-12(3-1-5-16-11)17-6-8-19-14(10-17)13-4-2-7-18-13/h1-5,7,14H,6,8,10H2. The molecule has 0 spiro atoms. The number of rotatable bonds is 2. The molecule has 1 aliphatic heterocycles. The Hall–Kier alpha value is -2.32. The minimum Gasteiger partial charge on any atom is -0.467 e. The number of anilines is 1. The van der Waals surface area contributed by atoms with Crippen molar-refractivity contribution >= 4 is 5.69 Å². The van der Waals surface area contributed by atoms with Gasteiger partial charge in [0.1, 0.15) is 17.9 Å². The number of pyridine rings is 1. The van der Waals surface area contributed by atoms with Crippen molar-refractivity contribution < 1.29 is 9.15 Å². The molecule has 1 atom stereocenters. The van der Waals surface area contributed by atoms with E-state index in [1.54, 1.807) is 12.5 Å². The van der Waals surface area contributed by atoms with E-state index in [-0.39, 0.29) is 6.10 Å². The van der Waals surface area contributed by atoms with E-state index in [0.29, 0.717) is 18.8 Å². The molecule has 1 saturated heterocycles. The molecule has 96 valence electrons. The first-order valence-electron chi connectivity index (χ1n) is 6.13. The Morgan fingerprint density at radius 3 is 3.11 bits per heavy atom. The normalized spacial score (nSPS) is 19.1. The summed E-state index contributed by atoms with van der Waals surface area (Å²) in [4.78, 5) is 6.21. The Labute approximate surface area is 111 Å². The first kappa shape index (κ1) is 11.8. The van der Waals surface area contributed by atoms with Gasteiger partial charge >= 0.3 is 0 Å². The highest BCUT2D eigenvalue weighted by Gasteiger charge is 2.25. The van der Waals surface area contributed by atoms with Gasteiger partial charge in [-0.3, -0.25) is 0 Å². The number of ether oxygens (including phenoxy) is 1. The van der Waals surface area contributed by atoms with Gasteiger partial charge in [0.15, 0.2) is 5.69 Å². The molecule has 2 aromatic heterocycles. The monoisotopic (exact) mass is 255 g/mol. The highest BCUT2D eigenvalue weighted by atomic mass is 16.5. The van der Waals surface area contributed by atoms with E-state index in [9.17, 15) is 0 Å². The predicted octanol–water partition coefficient (Wildman–Crippen LogP) is 2.12. The summed E-state index contributed by atoms with van der Waals surface area (Å²) in [6.45, 7) is 2.01. The molecular formula is C14H13N3O2. The van der Waals surface area contributed by atoms with Crippen molar-refractivity contribution in [1.29, 1.82) is 5.26 Å². The lowest BCUT2D eigenvalue weighted by molar-refractivity contribution is 0.0257. The minimum atomic E-state index is -0.101. The zero-order valence-corrected chi connectivity index (χ0v) is 10.3. The molecule has 0 saturated carbocycles. The lowest BCUT2D eigenvalue weighted by Gasteiger charge is -2.33. The second kappa shape index (κ2) is 5.12. The number of hydrogen-bond donors (Lipinski definition) is 0. The molecule has 2 aromatic rings. The number of furan rings is 1. The van der Waals surface area contributed by atoms with Crippen LogP contribution in [0.3, 0.4) is 0 Å². The Bertz CT molecular complexity index is 589. The maximum Gasteiger partial charge on any atom is 0.163 e. The van der Waals surface area contributed by atoms with Gasteiger partial charge in [-0.05, 0) is 24.3 Å². The summed E-state index contributed by atoms with van der Waals surface area (Å²) in [6, 6.07) is 9.63. The van der Waals surface area contributed by atoms with Gasteiger partial charge in [-0.1, -0.05) is 0 Å². The molecule has 0 N–H and O–H groups in total. The Balaban J connectivity index is 1.84. The third-order valence-electron chi connectivity index (χ3n) is 3.16. The van der Waals surface area contributed by atoms with Crippen molar-refractivity contribution in [2.75, 3.05) is 24.6 Å². The van der Waals surface area contributed by atoms with Crippen LogP contribution in [0.4, 0.5) is 5.69 Å². The van der Waals surface area contributed by atoms with Gasteiger partial charge in [0.05, 0.1) is 25.1 Å². The molecule has 3 rings (SSSR count). The summed E-state index contributed by atoms with van der Waals surface area (Å²) in [5.74, 6) is 0.812. The number of nitriles is 1. The van der Waals surface area contributed by atoms with E-state index >= 15 is 0 Å². The molecule has 5 heteroatoms. The summed E-state index contributed by atoms with van der Waals surface area (Å²) in [6.07, 6.45) is 3.17. The van der Waals surface area contributed by atoms with E-state index in [4.69, 9.17) is 14.4 Å². The molecule has 1 aliphatic rings. The van der Waals surface area contributed by atoms with Crippen LogP contribution in [0.15, 0.2) is 41.1 Å². The molecule has 3 heterocycles. The van der Waals surface area contributed by atoms with Gasteiger partial charge < -0.3 is 14.1 Å². The summed E-state index contributed by atoms with van der Waals surface area (Å²) < 4.78 is 11.1. The van der Waals surface area contributed by atoms with Gasteiger partial charge in [0.2, 0.25) is 0 Å². The Morgan fingerprint density at radius 2 is 2.32 bits per heavy atom. The maximum absolute atomic E-state index is 9.11. The zero-order valence-electron chi connectivity index (χ0n) is 10.3. The quantitative estimate of drug-likeness (QED) is 0.822. The van der Waals surface area contributed by atoms with Crippen LogP contribution >= 0.6 is 0 Å². The Morgan fingerprint density at radius 1 is 1.37 bits per heavy atom. The van der Waals surface area contributed by atoms with E-state index in [1.807, 2.05) is 24.3 Å². The third-order valence-corrected chi connectivity index (χ3v) is 3.16. The highest BCUT2D eigenvalue weighted by molar-refractivity contribution is 5.56. The number of nitrogens with zero attached hydrogens (tertiary/aromatic N) is 3. The van der Waals surface area contributed by atoms with Gasteiger partial charge in [-0.25, -0.2) is 4.98 Å². The van der Waals surface area contributed by atoms with Crippen molar-refractivity contribution in [3.63, 3.8) is 0 Å². The second-order valence-corrected chi connectivity index (χ2v) is 4.30. The SMILES string of the molecule is N#Cc1ncccc1N1CCOC(c2ccco2)C1. The molecule has 0 radical (unpaired) electrons. The Kier molecular flexibility index (Phi) is 3.17. The predicted molar refractivity (Wildman–Crippen MR) is 68.6 cm³/mol.